The molecule has 0 aromatic heterocycles. The number of urea groups is 1. The average Bonchev–Trinajstić information content (AvgIpc) is 2.41. The molecule has 3 N–H and O–H groups in total. The SMILES string of the molecule is CCNC(=O)C(C)NC(=O)NCCc1ccc(F)cc1. The molecule has 1 aromatic carbocycles. The normalized spacial score (nSPS) is 11.6. The van der Waals surface area contributed by atoms with Crippen molar-refractivity contribution in [2.24, 2.45) is 0 Å². The van der Waals surface area contributed by atoms with E-state index < -0.39 is 12.1 Å². The first-order chi connectivity index (χ1) is 9.52. The molecule has 5 nitrogen and oxygen atoms in total. The summed E-state index contributed by atoms with van der Waals surface area (Å²) in [7, 11) is 0. The predicted molar refractivity (Wildman–Crippen MR) is 74.8 cm³/mol. The largest absolute Gasteiger partial charge is 0.355 e. The number of benzene rings is 1. The van der Waals surface area contributed by atoms with E-state index in [1.807, 2.05) is 6.92 Å². The smallest absolute Gasteiger partial charge is 0.315 e. The molecule has 1 aromatic rings. The summed E-state index contributed by atoms with van der Waals surface area (Å²) in [6, 6.07) is 5.13. The zero-order valence-electron chi connectivity index (χ0n) is 11.7. The van der Waals surface area contributed by atoms with E-state index in [0.29, 0.717) is 19.5 Å². The minimum atomic E-state index is -0.583. The summed E-state index contributed by atoms with van der Waals surface area (Å²) in [5.74, 6) is -0.503. The molecule has 0 saturated heterocycles. The van der Waals surface area contributed by atoms with Gasteiger partial charge in [0, 0.05) is 13.1 Å². The lowest BCUT2D eigenvalue weighted by molar-refractivity contribution is -0.122. The van der Waals surface area contributed by atoms with Gasteiger partial charge in [-0.1, -0.05) is 12.1 Å². The molecule has 0 aliphatic rings. The van der Waals surface area contributed by atoms with Gasteiger partial charge in [0.2, 0.25) is 5.91 Å². The maximum atomic E-state index is 12.7. The lowest BCUT2D eigenvalue weighted by atomic mass is 10.1. The van der Waals surface area contributed by atoms with Crippen LogP contribution in [0, 0.1) is 5.82 Å². The summed E-state index contributed by atoms with van der Waals surface area (Å²) in [5, 5.41) is 7.81. The van der Waals surface area contributed by atoms with E-state index >= 15 is 0 Å². The lowest BCUT2D eigenvalue weighted by Crippen LogP contribution is -2.48. The van der Waals surface area contributed by atoms with Gasteiger partial charge < -0.3 is 16.0 Å². The Bertz CT molecular complexity index is 448. The molecule has 3 amide bonds. The minimum Gasteiger partial charge on any atom is -0.355 e. The van der Waals surface area contributed by atoms with Crippen molar-refractivity contribution in [3.05, 3.63) is 35.6 Å². The summed E-state index contributed by atoms with van der Waals surface area (Å²) in [4.78, 5) is 23.0. The quantitative estimate of drug-likeness (QED) is 0.733. The van der Waals surface area contributed by atoms with E-state index in [2.05, 4.69) is 16.0 Å². The summed E-state index contributed by atoms with van der Waals surface area (Å²) in [6.45, 7) is 4.37. The molecule has 0 aliphatic carbocycles. The third kappa shape index (κ3) is 5.69. The molecule has 1 rings (SSSR count). The number of nitrogens with one attached hydrogen (secondary N) is 3. The Labute approximate surface area is 117 Å². The van der Waals surface area contributed by atoms with Gasteiger partial charge in [0.1, 0.15) is 11.9 Å². The highest BCUT2D eigenvalue weighted by molar-refractivity contribution is 5.86. The first-order valence-corrected chi connectivity index (χ1v) is 6.59. The van der Waals surface area contributed by atoms with Gasteiger partial charge in [-0.3, -0.25) is 4.79 Å². The molecule has 110 valence electrons. The highest BCUT2D eigenvalue weighted by atomic mass is 19.1. The first kappa shape index (κ1) is 15.9. The molecule has 0 fully saturated rings. The van der Waals surface area contributed by atoms with Crippen LogP contribution < -0.4 is 16.0 Å². The number of likely N-dealkylation sites (N-methyl/N-ethyl adjacent to an activating group) is 1. The zero-order valence-corrected chi connectivity index (χ0v) is 11.7. The van der Waals surface area contributed by atoms with Gasteiger partial charge in [0.25, 0.3) is 0 Å². The van der Waals surface area contributed by atoms with Crippen LogP contribution in [0.3, 0.4) is 0 Å². The second-order valence-corrected chi connectivity index (χ2v) is 4.39. The summed E-state index contributed by atoms with van der Waals surface area (Å²) in [6.07, 6.45) is 0.600. The maximum Gasteiger partial charge on any atom is 0.315 e. The molecule has 0 radical (unpaired) electrons. The van der Waals surface area contributed by atoms with Crippen LogP contribution in [-0.2, 0) is 11.2 Å². The molecule has 20 heavy (non-hydrogen) atoms. The Hall–Kier alpha value is -2.11. The van der Waals surface area contributed by atoms with Gasteiger partial charge in [0.05, 0.1) is 0 Å². The molecule has 0 spiro atoms. The Morgan fingerprint density at radius 1 is 1.20 bits per heavy atom. The molecule has 1 atom stereocenters. The maximum absolute atomic E-state index is 12.7. The van der Waals surface area contributed by atoms with Gasteiger partial charge in [-0.15, -0.1) is 0 Å². The van der Waals surface area contributed by atoms with Crippen LogP contribution in [0.15, 0.2) is 24.3 Å². The van der Waals surface area contributed by atoms with Gasteiger partial charge in [-0.05, 0) is 38.0 Å². The van der Waals surface area contributed by atoms with Gasteiger partial charge in [-0.25, -0.2) is 9.18 Å². The number of amides is 3. The van der Waals surface area contributed by atoms with E-state index in [-0.39, 0.29) is 11.7 Å². The number of hydrogen-bond acceptors (Lipinski definition) is 2. The van der Waals surface area contributed by atoms with Crippen LogP contribution in [0.1, 0.15) is 19.4 Å². The van der Waals surface area contributed by atoms with Gasteiger partial charge >= 0.3 is 6.03 Å². The second-order valence-electron chi connectivity index (χ2n) is 4.39. The molecule has 0 bridgehead atoms. The molecule has 0 aliphatic heterocycles. The highest BCUT2D eigenvalue weighted by Crippen LogP contribution is 2.02. The molecular formula is C14H20FN3O2. The number of rotatable bonds is 6. The van der Waals surface area contributed by atoms with Crippen LogP contribution in [0.5, 0.6) is 0 Å². The fourth-order valence-electron chi connectivity index (χ4n) is 1.61. The van der Waals surface area contributed by atoms with E-state index in [1.54, 1.807) is 19.1 Å². The monoisotopic (exact) mass is 281 g/mol. The Morgan fingerprint density at radius 2 is 1.85 bits per heavy atom. The van der Waals surface area contributed by atoms with E-state index in [9.17, 15) is 14.0 Å². The average molecular weight is 281 g/mol. The van der Waals surface area contributed by atoms with Crippen molar-refractivity contribution in [2.75, 3.05) is 13.1 Å². The molecule has 1 unspecified atom stereocenters. The van der Waals surface area contributed by atoms with E-state index in [0.717, 1.165) is 5.56 Å². The lowest BCUT2D eigenvalue weighted by Gasteiger charge is -2.14. The van der Waals surface area contributed by atoms with Crippen LogP contribution in [0.4, 0.5) is 9.18 Å². The molecule has 0 heterocycles. The third-order valence-corrected chi connectivity index (χ3v) is 2.70. The molecule has 6 heteroatoms. The van der Waals surface area contributed by atoms with Crippen molar-refractivity contribution in [1.82, 2.24) is 16.0 Å². The van der Waals surface area contributed by atoms with E-state index in [4.69, 9.17) is 0 Å². The number of carbonyl (C=O) groups excluding carboxylic acids is 2. The third-order valence-electron chi connectivity index (χ3n) is 2.70. The van der Waals surface area contributed by atoms with Crippen molar-refractivity contribution in [3.63, 3.8) is 0 Å². The summed E-state index contributed by atoms with van der Waals surface area (Å²) in [5.41, 5.74) is 0.934. The van der Waals surface area contributed by atoms with Crippen molar-refractivity contribution in [2.45, 2.75) is 26.3 Å². The van der Waals surface area contributed by atoms with E-state index in [1.165, 1.54) is 12.1 Å². The van der Waals surface area contributed by atoms with Crippen LogP contribution in [0.25, 0.3) is 0 Å². The van der Waals surface area contributed by atoms with Crippen molar-refractivity contribution < 1.29 is 14.0 Å². The van der Waals surface area contributed by atoms with Crippen molar-refractivity contribution >= 4 is 11.9 Å². The fourth-order valence-corrected chi connectivity index (χ4v) is 1.61. The van der Waals surface area contributed by atoms with Crippen LogP contribution in [0.2, 0.25) is 0 Å². The van der Waals surface area contributed by atoms with Crippen molar-refractivity contribution in [1.29, 1.82) is 0 Å². The minimum absolute atomic E-state index is 0.221. The Morgan fingerprint density at radius 3 is 2.45 bits per heavy atom. The van der Waals surface area contributed by atoms with Crippen LogP contribution in [-0.4, -0.2) is 31.1 Å². The topological polar surface area (TPSA) is 70.2 Å². The standard InChI is InChI=1S/C14H20FN3O2/c1-3-16-13(19)10(2)18-14(20)17-9-8-11-4-6-12(15)7-5-11/h4-7,10H,3,8-9H2,1-2H3,(H,16,19)(H2,17,18,20). The molecular weight excluding hydrogens is 261 g/mol. The fraction of sp³-hybridized carbons (Fsp3) is 0.429. The Balaban J connectivity index is 2.26. The van der Waals surface area contributed by atoms with Crippen LogP contribution >= 0.6 is 0 Å². The predicted octanol–water partition coefficient (Wildman–Crippen LogP) is 1.19. The van der Waals surface area contributed by atoms with Gasteiger partial charge in [-0.2, -0.15) is 0 Å². The summed E-state index contributed by atoms with van der Waals surface area (Å²) >= 11 is 0. The zero-order chi connectivity index (χ0) is 15.0. The van der Waals surface area contributed by atoms with Crippen molar-refractivity contribution in [3.8, 4) is 0 Å². The second kappa shape index (κ2) is 8.14. The summed E-state index contributed by atoms with van der Waals surface area (Å²) < 4.78 is 12.7. The Kier molecular flexibility index (Phi) is 6.49. The first-order valence-electron chi connectivity index (χ1n) is 6.59. The number of halogens is 1. The van der Waals surface area contributed by atoms with Gasteiger partial charge in [0.15, 0.2) is 0 Å². The molecule has 0 saturated carbocycles. The number of hydrogen-bond donors (Lipinski definition) is 3. The highest BCUT2D eigenvalue weighted by Gasteiger charge is 2.13. The number of carbonyl (C=O) groups is 2.